The van der Waals surface area contributed by atoms with Crippen LogP contribution < -0.4 is 0 Å². The van der Waals surface area contributed by atoms with E-state index in [0.29, 0.717) is 13.0 Å². The average molecular weight is 383 g/mol. The molecule has 0 bridgehead atoms. The fourth-order valence-corrected chi connectivity index (χ4v) is 3.69. The number of hydrogen-bond donors (Lipinski definition) is 0. The molecule has 1 fully saturated rings. The molecule has 1 amide bonds. The SMILES string of the molecule is O=C(CCn1ncc2ccccc21)N1CCN(Cc2ccc(Cl)cc2)CC1. The number of carbonyl (C=O) groups excluding carboxylic acids is 1. The number of halogens is 1. The van der Waals surface area contributed by atoms with E-state index >= 15 is 0 Å². The summed E-state index contributed by atoms with van der Waals surface area (Å²) in [5.41, 5.74) is 2.34. The number of carbonyl (C=O) groups is 1. The van der Waals surface area contributed by atoms with Crippen LogP contribution in [0.15, 0.2) is 54.7 Å². The molecule has 0 saturated carbocycles. The quantitative estimate of drug-likeness (QED) is 0.679. The first-order valence-corrected chi connectivity index (χ1v) is 9.72. The standard InChI is InChI=1S/C21H23ClN4O/c22-19-7-5-17(6-8-19)16-24-11-13-25(14-12-24)21(27)9-10-26-20-4-2-1-3-18(20)15-23-26/h1-8,15H,9-14,16H2. The zero-order valence-electron chi connectivity index (χ0n) is 15.2. The van der Waals surface area contributed by atoms with E-state index in [1.807, 2.05) is 52.2 Å². The zero-order chi connectivity index (χ0) is 18.6. The van der Waals surface area contributed by atoms with E-state index in [0.717, 1.165) is 48.6 Å². The second-order valence-electron chi connectivity index (χ2n) is 6.96. The Kier molecular flexibility index (Phi) is 5.41. The lowest BCUT2D eigenvalue weighted by Gasteiger charge is -2.34. The number of piperazine rings is 1. The minimum Gasteiger partial charge on any atom is -0.340 e. The number of rotatable bonds is 5. The maximum atomic E-state index is 12.6. The smallest absolute Gasteiger partial charge is 0.224 e. The van der Waals surface area contributed by atoms with Gasteiger partial charge in [-0.2, -0.15) is 5.10 Å². The van der Waals surface area contributed by atoms with Crippen LogP contribution in [-0.2, 0) is 17.9 Å². The molecule has 1 aromatic heterocycles. The summed E-state index contributed by atoms with van der Waals surface area (Å²) in [4.78, 5) is 16.9. The predicted molar refractivity (Wildman–Crippen MR) is 108 cm³/mol. The number of hydrogen-bond acceptors (Lipinski definition) is 3. The minimum atomic E-state index is 0.209. The Labute approximate surface area is 164 Å². The van der Waals surface area contributed by atoms with Crippen molar-refractivity contribution in [1.29, 1.82) is 0 Å². The summed E-state index contributed by atoms with van der Waals surface area (Å²) in [6.07, 6.45) is 2.35. The second kappa shape index (κ2) is 8.11. The molecule has 27 heavy (non-hydrogen) atoms. The second-order valence-corrected chi connectivity index (χ2v) is 7.40. The normalized spacial score (nSPS) is 15.4. The minimum absolute atomic E-state index is 0.209. The predicted octanol–water partition coefficient (Wildman–Crippen LogP) is 3.42. The molecule has 2 aromatic carbocycles. The summed E-state index contributed by atoms with van der Waals surface area (Å²) in [6.45, 7) is 4.90. The van der Waals surface area contributed by atoms with Crippen LogP contribution in [0.4, 0.5) is 0 Å². The van der Waals surface area contributed by atoms with Gasteiger partial charge in [0.1, 0.15) is 0 Å². The van der Waals surface area contributed by atoms with Crippen LogP contribution in [0.25, 0.3) is 10.9 Å². The maximum Gasteiger partial charge on any atom is 0.224 e. The Hall–Kier alpha value is -2.37. The van der Waals surface area contributed by atoms with Gasteiger partial charge < -0.3 is 4.90 Å². The summed E-state index contributed by atoms with van der Waals surface area (Å²) in [5, 5.41) is 6.28. The molecule has 1 aliphatic rings. The molecule has 1 saturated heterocycles. The third-order valence-electron chi connectivity index (χ3n) is 5.13. The van der Waals surface area contributed by atoms with Crippen LogP contribution in [0.5, 0.6) is 0 Å². The topological polar surface area (TPSA) is 41.4 Å². The molecule has 1 aliphatic heterocycles. The number of aryl methyl sites for hydroxylation is 1. The number of nitrogens with zero attached hydrogens (tertiary/aromatic N) is 4. The fourth-order valence-electron chi connectivity index (χ4n) is 3.57. The van der Waals surface area contributed by atoms with E-state index in [1.165, 1.54) is 5.56 Å². The van der Waals surface area contributed by atoms with E-state index in [4.69, 9.17) is 11.6 Å². The molecule has 6 heteroatoms. The summed E-state index contributed by atoms with van der Waals surface area (Å²) in [5.74, 6) is 0.209. The van der Waals surface area contributed by atoms with Gasteiger partial charge in [-0.1, -0.05) is 41.9 Å². The molecule has 0 spiro atoms. The highest BCUT2D eigenvalue weighted by Crippen LogP contribution is 2.15. The van der Waals surface area contributed by atoms with Crippen molar-refractivity contribution < 1.29 is 4.79 Å². The number of benzene rings is 2. The summed E-state index contributed by atoms with van der Waals surface area (Å²) >= 11 is 5.94. The van der Waals surface area contributed by atoms with Crippen molar-refractivity contribution in [3.63, 3.8) is 0 Å². The van der Waals surface area contributed by atoms with Crippen LogP contribution >= 0.6 is 11.6 Å². The molecule has 5 nitrogen and oxygen atoms in total. The Morgan fingerprint density at radius 1 is 1.00 bits per heavy atom. The van der Waals surface area contributed by atoms with Gasteiger partial charge in [-0.05, 0) is 23.8 Å². The largest absolute Gasteiger partial charge is 0.340 e. The van der Waals surface area contributed by atoms with Crippen molar-refractivity contribution in [1.82, 2.24) is 19.6 Å². The molecule has 0 atom stereocenters. The third-order valence-corrected chi connectivity index (χ3v) is 5.38. The molecule has 0 N–H and O–H groups in total. The van der Waals surface area contributed by atoms with E-state index in [-0.39, 0.29) is 5.91 Å². The first kappa shape index (κ1) is 18.0. The van der Waals surface area contributed by atoms with Crippen molar-refractivity contribution in [3.8, 4) is 0 Å². The number of amides is 1. The van der Waals surface area contributed by atoms with Gasteiger partial charge in [-0.25, -0.2) is 0 Å². The average Bonchev–Trinajstić information content (AvgIpc) is 3.12. The molecular weight excluding hydrogens is 360 g/mol. The van der Waals surface area contributed by atoms with E-state index < -0.39 is 0 Å². The first-order chi connectivity index (χ1) is 13.2. The van der Waals surface area contributed by atoms with E-state index in [2.05, 4.69) is 22.1 Å². The maximum absolute atomic E-state index is 12.6. The molecule has 3 aromatic rings. The summed E-state index contributed by atoms with van der Waals surface area (Å²) in [6, 6.07) is 16.1. The van der Waals surface area contributed by atoms with Gasteiger partial charge in [0.05, 0.1) is 18.3 Å². The number of fused-ring (bicyclic) bond motifs is 1. The van der Waals surface area contributed by atoms with Crippen LogP contribution in [0.3, 0.4) is 0 Å². The van der Waals surface area contributed by atoms with Gasteiger partial charge in [0.2, 0.25) is 5.91 Å². The Morgan fingerprint density at radius 3 is 2.52 bits per heavy atom. The first-order valence-electron chi connectivity index (χ1n) is 9.34. The van der Waals surface area contributed by atoms with Crippen LogP contribution in [-0.4, -0.2) is 51.7 Å². The molecule has 4 rings (SSSR count). The van der Waals surface area contributed by atoms with Crippen molar-refractivity contribution in [2.24, 2.45) is 0 Å². The van der Waals surface area contributed by atoms with Gasteiger partial charge in [0.15, 0.2) is 0 Å². The molecule has 0 aliphatic carbocycles. The molecular formula is C21H23ClN4O. The number of para-hydroxylation sites is 1. The van der Waals surface area contributed by atoms with Crippen molar-refractivity contribution in [2.75, 3.05) is 26.2 Å². The van der Waals surface area contributed by atoms with Crippen LogP contribution in [0.1, 0.15) is 12.0 Å². The van der Waals surface area contributed by atoms with Crippen molar-refractivity contribution in [3.05, 3.63) is 65.3 Å². The highest BCUT2D eigenvalue weighted by Gasteiger charge is 2.21. The molecule has 0 unspecified atom stereocenters. The van der Waals surface area contributed by atoms with Crippen LogP contribution in [0.2, 0.25) is 5.02 Å². The van der Waals surface area contributed by atoms with E-state index in [9.17, 15) is 4.79 Å². The van der Waals surface area contributed by atoms with Gasteiger partial charge in [0, 0.05) is 49.6 Å². The third kappa shape index (κ3) is 4.31. The molecule has 0 radical (unpaired) electrons. The van der Waals surface area contributed by atoms with Crippen molar-refractivity contribution in [2.45, 2.75) is 19.5 Å². The molecule has 2 heterocycles. The summed E-state index contributed by atoms with van der Waals surface area (Å²) in [7, 11) is 0. The Balaban J connectivity index is 1.26. The van der Waals surface area contributed by atoms with Gasteiger partial charge in [0.25, 0.3) is 0 Å². The fraction of sp³-hybridized carbons (Fsp3) is 0.333. The van der Waals surface area contributed by atoms with Crippen molar-refractivity contribution >= 4 is 28.4 Å². The van der Waals surface area contributed by atoms with E-state index in [1.54, 1.807) is 0 Å². The Bertz CT molecular complexity index is 913. The lowest BCUT2D eigenvalue weighted by atomic mass is 10.2. The lowest BCUT2D eigenvalue weighted by molar-refractivity contribution is -0.133. The Morgan fingerprint density at radius 2 is 1.74 bits per heavy atom. The van der Waals surface area contributed by atoms with Gasteiger partial charge in [-0.15, -0.1) is 0 Å². The number of aromatic nitrogens is 2. The van der Waals surface area contributed by atoms with Crippen LogP contribution in [0, 0.1) is 0 Å². The highest BCUT2D eigenvalue weighted by atomic mass is 35.5. The zero-order valence-corrected chi connectivity index (χ0v) is 16.0. The monoisotopic (exact) mass is 382 g/mol. The van der Waals surface area contributed by atoms with Gasteiger partial charge in [-0.3, -0.25) is 14.4 Å². The van der Waals surface area contributed by atoms with Gasteiger partial charge >= 0.3 is 0 Å². The molecule has 140 valence electrons. The highest BCUT2D eigenvalue weighted by molar-refractivity contribution is 6.30. The lowest BCUT2D eigenvalue weighted by Crippen LogP contribution is -2.48. The summed E-state index contributed by atoms with van der Waals surface area (Å²) < 4.78 is 1.92.